The van der Waals surface area contributed by atoms with Gasteiger partial charge in [0.15, 0.2) is 0 Å². The standard InChI is InChI=1S/C14H13N3/c1-2-11-9-12-5-3-4-8-17(12)14(11)13-10-15-6-7-16-13/h3-10H,2H2,1H3. The topological polar surface area (TPSA) is 30.2 Å². The van der Waals surface area contributed by atoms with Crippen molar-refractivity contribution in [1.82, 2.24) is 14.4 Å². The van der Waals surface area contributed by atoms with E-state index in [0.29, 0.717) is 0 Å². The minimum atomic E-state index is 0.926. The predicted octanol–water partition coefficient (Wildman–Crippen LogP) is 2.96. The Kier molecular flexibility index (Phi) is 2.37. The highest BCUT2D eigenvalue weighted by Crippen LogP contribution is 2.25. The first kappa shape index (κ1) is 10.0. The van der Waals surface area contributed by atoms with Gasteiger partial charge in [0.25, 0.3) is 0 Å². The lowest BCUT2D eigenvalue weighted by atomic mass is 10.1. The van der Waals surface area contributed by atoms with E-state index in [4.69, 9.17) is 0 Å². The number of fused-ring (bicyclic) bond motifs is 1. The number of aryl methyl sites for hydroxylation is 1. The van der Waals surface area contributed by atoms with Crippen LogP contribution in [0.25, 0.3) is 16.9 Å². The van der Waals surface area contributed by atoms with Gasteiger partial charge in [-0.1, -0.05) is 13.0 Å². The molecule has 0 bridgehead atoms. The molecule has 3 rings (SSSR count). The Hall–Kier alpha value is -2.16. The van der Waals surface area contributed by atoms with Gasteiger partial charge in [0.05, 0.1) is 11.9 Å². The summed E-state index contributed by atoms with van der Waals surface area (Å²) in [4.78, 5) is 8.54. The van der Waals surface area contributed by atoms with Crippen LogP contribution >= 0.6 is 0 Å². The Bertz CT molecular complexity index is 641. The van der Waals surface area contributed by atoms with Crippen molar-refractivity contribution in [3.63, 3.8) is 0 Å². The number of hydrogen-bond acceptors (Lipinski definition) is 2. The zero-order valence-electron chi connectivity index (χ0n) is 9.67. The van der Waals surface area contributed by atoms with Gasteiger partial charge in [0, 0.05) is 24.1 Å². The lowest BCUT2D eigenvalue weighted by Gasteiger charge is -2.03. The number of nitrogens with zero attached hydrogens (tertiary/aromatic N) is 3. The first-order valence-electron chi connectivity index (χ1n) is 5.75. The van der Waals surface area contributed by atoms with E-state index in [1.54, 1.807) is 12.4 Å². The van der Waals surface area contributed by atoms with Crippen LogP contribution in [-0.4, -0.2) is 14.4 Å². The Balaban J connectivity index is 2.34. The minimum Gasteiger partial charge on any atom is -0.315 e. The first-order valence-corrected chi connectivity index (χ1v) is 5.75. The van der Waals surface area contributed by atoms with Crippen molar-refractivity contribution < 1.29 is 0 Å². The second kappa shape index (κ2) is 4.01. The average Bonchev–Trinajstić information content (AvgIpc) is 2.78. The van der Waals surface area contributed by atoms with Crippen LogP contribution in [-0.2, 0) is 6.42 Å². The molecule has 0 saturated carbocycles. The molecule has 0 aliphatic carbocycles. The van der Waals surface area contributed by atoms with Gasteiger partial charge in [0.2, 0.25) is 0 Å². The predicted molar refractivity (Wildman–Crippen MR) is 67.8 cm³/mol. The molecule has 3 heterocycles. The molecule has 3 aromatic heterocycles. The highest BCUT2D eigenvalue weighted by atomic mass is 14.9. The molecule has 0 unspecified atom stereocenters. The molecule has 17 heavy (non-hydrogen) atoms. The van der Waals surface area contributed by atoms with Crippen LogP contribution in [0.5, 0.6) is 0 Å². The third-order valence-corrected chi connectivity index (χ3v) is 2.95. The van der Waals surface area contributed by atoms with Gasteiger partial charge in [-0.05, 0) is 30.2 Å². The van der Waals surface area contributed by atoms with Gasteiger partial charge in [-0.2, -0.15) is 0 Å². The van der Waals surface area contributed by atoms with E-state index in [0.717, 1.165) is 17.8 Å². The van der Waals surface area contributed by atoms with Gasteiger partial charge in [-0.15, -0.1) is 0 Å². The summed E-state index contributed by atoms with van der Waals surface area (Å²) in [6.45, 7) is 2.16. The van der Waals surface area contributed by atoms with Crippen molar-refractivity contribution >= 4 is 5.52 Å². The number of pyridine rings is 1. The summed E-state index contributed by atoms with van der Waals surface area (Å²) in [6.07, 6.45) is 8.31. The molecular weight excluding hydrogens is 210 g/mol. The van der Waals surface area contributed by atoms with Gasteiger partial charge in [-0.3, -0.25) is 9.97 Å². The number of aromatic nitrogens is 3. The Labute approximate surface area is 99.8 Å². The summed E-state index contributed by atoms with van der Waals surface area (Å²) < 4.78 is 2.17. The van der Waals surface area contributed by atoms with Crippen LogP contribution in [0.3, 0.4) is 0 Å². The lowest BCUT2D eigenvalue weighted by Crippen LogP contribution is -1.93. The second-order valence-electron chi connectivity index (χ2n) is 3.96. The fourth-order valence-electron chi connectivity index (χ4n) is 2.16. The average molecular weight is 223 g/mol. The van der Waals surface area contributed by atoms with Crippen LogP contribution in [0.2, 0.25) is 0 Å². The maximum Gasteiger partial charge on any atom is 0.106 e. The smallest absolute Gasteiger partial charge is 0.106 e. The third-order valence-electron chi connectivity index (χ3n) is 2.95. The van der Waals surface area contributed by atoms with Crippen molar-refractivity contribution in [2.45, 2.75) is 13.3 Å². The van der Waals surface area contributed by atoms with Crippen molar-refractivity contribution in [2.75, 3.05) is 0 Å². The van der Waals surface area contributed by atoms with E-state index in [-0.39, 0.29) is 0 Å². The normalized spacial score (nSPS) is 10.9. The fourth-order valence-corrected chi connectivity index (χ4v) is 2.16. The van der Waals surface area contributed by atoms with Crippen molar-refractivity contribution in [2.24, 2.45) is 0 Å². The molecule has 0 aliphatic heterocycles. The molecule has 0 saturated heterocycles. The molecule has 0 aliphatic rings. The Morgan fingerprint density at radius 3 is 2.94 bits per heavy atom. The maximum atomic E-state index is 4.40. The van der Waals surface area contributed by atoms with E-state index in [9.17, 15) is 0 Å². The van der Waals surface area contributed by atoms with Crippen molar-refractivity contribution in [1.29, 1.82) is 0 Å². The fraction of sp³-hybridized carbons (Fsp3) is 0.143. The van der Waals surface area contributed by atoms with Crippen LogP contribution in [0.4, 0.5) is 0 Å². The lowest BCUT2D eigenvalue weighted by molar-refractivity contribution is 1.09. The van der Waals surface area contributed by atoms with Crippen molar-refractivity contribution in [3.8, 4) is 11.4 Å². The molecule has 3 heteroatoms. The largest absolute Gasteiger partial charge is 0.315 e. The summed E-state index contributed by atoms with van der Waals surface area (Å²) in [5.74, 6) is 0. The molecule has 0 spiro atoms. The molecular formula is C14H13N3. The molecule has 0 fully saturated rings. The summed E-state index contributed by atoms with van der Waals surface area (Å²) in [7, 11) is 0. The van der Waals surface area contributed by atoms with Gasteiger partial charge in [-0.25, -0.2) is 0 Å². The van der Waals surface area contributed by atoms with E-state index >= 15 is 0 Å². The van der Waals surface area contributed by atoms with Crippen LogP contribution in [0.1, 0.15) is 12.5 Å². The van der Waals surface area contributed by atoms with Crippen LogP contribution < -0.4 is 0 Å². The monoisotopic (exact) mass is 223 g/mol. The zero-order chi connectivity index (χ0) is 11.7. The summed E-state index contributed by atoms with van der Waals surface area (Å²) in [5, 5.41) is 0. The summed E-state index contributed by atoms with van der Waals surface area (Å²) in [5.41, 5.74) is 4.58. The number of hydrogen-bond donors (Lipinski definition) is 0. The quantitative estimate of drug-likeness (QED) is 0.668. The Morgan fingerprint density at radius 1 is 1.24 bits per heavy atom. The van der Waals surface area contributed by atoms with Gasteiger partial charge < -0.3 is 4.40 Å². The van der Waals surface area contributed by atoms with Crippen LogP contribution in [0.15, 0.2) is 49.1 Å². The zero-order valence-corrected chi connectivity index (χ0v) is 9.67. The molecule has 3 nitrogen and oxygen atoms in total. The highest BCUT2D eigenvalue weighted by Gasteiger charge is 2.11. The van der Waals surface area contributed by atoms with Crippen LogP contribution in [0, 0.1) is 0 Å². The summed E-state index contributed by atoms with van der Waals surface area (Å²) in [6, 6.07) is 8.41. The molecule has 0 radical (unpaired) electrons. The highest BCUT2D eigenvalue weighted by molar-refractivity contribution is 5.68. The molecule has 0 N–H and O–H groups in total. The van der Waals surface area contributed by atoms with E-state index in [1.807, 2.05) is 12.3 Å². The van der Waals surface area contributed by atoms with Gasteiger partial charge >= 0.3 is 0 Å². The van der Waals surface area contributed by atoms with E-state index < -0.39 is 0 Å². The molecule has 0 atom stereocenters. The van der Waals surface area contributed by atoms with Gasteiger partial charge in [0.1, 0.15) is 5.69 Å². The van der Waals surface area contributed by atoms with E-state index in [2.05, 4.69) is 45.7 Å². The summed E-state index contributed by atoms with van der Waals surface area (Å²) >= 11 is 0. The molecule has 84 valence electrons. The molecule has 0 aromatic carbocycles. The maximum absolute atomic E-state index is 4.40. The molecule has 0 amide bonds. The van der Waals surface area contributed by atoms with Crippen molar-refractivity contribution in [3.05, 3.63) is 54.6 Å². The van der Waals surface area contributed by atoms with E-state index in [1.165, 1.54) is 11.1 Å². The molecule has 3 aromatic rings. The minimum absolute atomic E-state index is 0.926. The SMILES string of the molecule is CCc1cc2ccccn2c1-c1cnccn1. The number of rotatable bonds is 2. The Morgan fingerprint density at radius 2 is 2.18 bits per heavy atom. The second-order valence-corrected chi connectivity index (χ2v) is 3.96. The third kappa shape index (κ3) is 1.60. The first-order chi connectivity index (χ1) is 8.40.